The number of carbonyl (C=O) groups is 1. The lowest BCUT2D eigenvalue weighted by Crippen LogP contribution is -2.06. The van der Waals surface area contributed by atoms with Gasteiger partial charge in [0.25, 0.3) is 5.82 Å². The molecule has 2 rings (SSSR count). The molecule has 8 heteroatoms. The molecule has 0 saturated carbocycles. The van der Waals surface area contributed by atoms with Crippen LogP contribution in [0.2, 0.25) is 5.15 Å². The molecule has 7 nitrogen and oxygen atoms in total. The summed E-state index contributed by atoms with van der Waals surface area (Å²) in [6, 6.07) is 1.52. The van der Waals surface area contributed by atoms with E-state index in [0.717, 1.165) is 0 Å². The van der Waals surface area contributed by atoms with E-state index in [1.807, 2.05) is 0 Å². The molecular weight excluding hydrogens is 246 g/mol. The van der Waals surface area contributed by atoms with Gasteiger partial charge in [-0.3, -0.25) is 0 Å². The predicted molar refractivity (Wildman–Crippen MR) is 58.0 cm³/mol. The molecule has 2 aromatic heterocycles. The van der Waals surface area contributed by atoms with Crippen molar-refractivity contribution < 1.29 is 9.53 Å². The highest BCUT2D eigenvalue weighted by atomic mass is 35.5. The van der Waals surface area contributed by atoms with Crippen LogP contribution in [0.3, 0.4) is 0 Å². The van der Waals surface area contributed by atoms with Crippen molar-refractivity contribution in [3.63, 3.8) is 0 Å². The Morgan fingerprint density at radius 3 is 2.88 bits per heavy atom. The van der Waals surface area contributed by atoms with E-state index in [1.165, 1.54) is 24.2 Å². The van der Waals surface area contributed by atoms with Crippen LogP contribution in [0.15, 0.2) is 12.4 Å². The number of carbonyl (C=O) groups excluding carboxylic acids is 1. The Bertz CT molecular complexity index is 548. The summed E-state index contributed by atoms with van der Waals surface area (Å²) in [5, 5.41) is 4.21. The molecule has 2 aromatic rings. The summed E-state index contributed by atoms with van der Waals surface area (Å²) in [7, 11) is 1.26. The van der Waals surface area contributed by atoms with Crippen LogP contribution in [0, 0.1) is 6.92 Å². The molecule has 0 saturated heterocycles. The molecule has 0 aliphatic carbocycles. The summed E-state index contributed by atoms with van der Waals surface area (Å²) < 4.78 is 5.82. The topological polar surface area (TPSA) is 82.8 Å². The molecule has 0 spiro atoms. The number of halogens is 1. The smallest absolute Gasteiger partial charge is 0.377 e. The van der Waals surface area contributed by atoms with E-state index in [2.05, 4.69) is 24.8 Å². The van der Waals surface area contributed by atoms with Crippen LogP contribution < -0.4 is 0 Å². The second kappa shape index (κ2) is 4.46. The van der Waals surface area contributed by atoms with Crippen molar-refractivity contribution in [3.8, 4) is 5.82 Å². The van der Waals surface area contributed by atoms with E-state index >= 15 is 0 Å². The summed E-state index contributed by atoms with van der Waals surface area (Å²) >= 11 is 5.79. The summed E-state index contributed by atoms with van der Waals surface area (Å²) in [5.41, 5.74) is 0. The summed E-state index contributed by atoms with van der Waals surface area (Å²) in [4.78, 5) is 23.0. The van der Waals surface area contributed by atoms with Gasteiger partial charge in [0.05, 0.1) is 7.11 Å². The molecule has 0 radical (unpaired) electrons. The molecule has 88 valence electrons. The fraction of sp³-hybridized carbons (Fsp3) is 0.222. The molecule has 0 aromatic carbocycles. The van der Waals surface area contributed by atoms with Gasteiger partial charge in [0.1, 0.15) is 17.3 Å². The second-order valence-corrected chi connectivity index (χ2v) is 3.49. The van der Waals surface area contributed by atoms with Crippen LogP contribution in [0.25, 0.3) is 5.82 Å². The van der Waals surface area contributed by atoms with Crippen molar-refractivity contribution in [2.24, 2.45) is 0 Å². The molecule has 0 atom stereocenters. The van der Waals surface area contributed by atoms with Gasteiger partial charge >= 0.3 is 5.97 Å². The highest BCUT2D eigenvalue weighted by Crippen LogP contribution is 2.10. The Morgan fingerprint density at radius 2 is 2.24 bits per heavy atom. The molecule has 0 fully saturated rings. The lowest BCUT2D eigenvalue weighted by molar-refractivity contribution is 0.0587. The maximum atomic E-state index is 11.2. The standard InChI is InChI=1S/C9H8ClN5O2/c1-5-12-6(10)3-7(13-5)15-4-11-8(14-15)9(16)17-2/h3-4H,1-2H3. The SMILES string of the molecule is COC(=O)c1ncn(-c2cc(Cl)nc(C)n2)n1. The number of ether oxygens (including phenoxy) is 1. The first-order valence-corrected chi connectivity index (χ1v) is 4.99. The van der Waals surface area contributed by atoms with E-state index in [-0.39, 0.29) is 5.82 Å². The largest absolute Gasteiger partial charge is 0.463 e. The van der Waals surface area contributed by atoms with Crippen molar-refractivity contribution in [2.75, 3.05) is 7.11 Å². The fourth-order valence-corrected chi connectivity index (χ4v) is 1.41. The average molecular weight is 254 g/mol. The number of esters is 1. The number of nitrogens with zero attached hydrogens (tertiary/aromatic N) is 5. The number of hydrogen-bond acceptors (Lipinski definition) is 6. The van der Waals surface area contributed by atoms with Crippen LogP contribution in [-0.4, -0.2) is 37.8 Å². The maximum Gasteiger partial charge on any atom is 0.377 e. The minimum Gasteiger partial charge on any atom is -0.463 e. The average Bonchev–Trinajstić information content (AvgIpc) is 2.76. The van der Waals surface area contributed by atoms with Crippen molar-refractivity contribution in [3.05, 3.63) is 29.2 Å². The Balaban J connectivity index is 2.40. The van der Waals surface area contributed by atoms with Crippen molar-refractivity contribution in [1.82, 2.24) is 24.7 Å². The fourth-order valence-electron chi connectivity index (χ4n) is 1.19. The van der Waals surface area contributed by atoms with Crippen molar-refractivity contribution in [2.45, 2.75) is 6.92 Å². The van der Waals surface area contributed by atoms with Gasteiger partial charge in [-0.05, 0) is 6.92 Å². The number of aryl methyl sites for hydroxylation is 1. The monoisotopic (exact) mass is 253 g/mol. The maximum absolute atomic E-state index is 11.2. The zero-order valence-corrected chi connectivity index (χ0v) is 9.84. The van der Waals surface area contributed by atoms with E-state index in [1.54, 1.807) is 6.92 Å². The molecule has 0 aliphatic rings. The predicted octanol–water partition coefficient (Wildman–Crippen LogP) is 0.806. The molecule has 0 amide bonds. The van der Waals surface area contributed by atoms with Gasteiger partial charge < -0.3 is 4.74 Å². The highest BCUT2D eigenvalue weighted by molar-refractivity contribution is 6.29. The third-order valence-electron chi connectivity index (χ3n) is 1.89. The van der Waals surface area contributed by atoms with Gasteiger partial charge in [-0.2, -0.15) is 0 Å². The van der Waals surface area contributed by atoms with Crippen molar-refractivity contribution >= 4 is 17.6 Å². The Morgan fingerprint density at radius 1 is 1.47 bits per heavy atom. The molecule has 0 bridgehead atoms. The number of methoxy groups -OCH3 is 1. The van der Waals surface area contributed by atoms with Gasteiger partial charge in [0, 0.05) is 6.07 Å². The third kappa shape index (κ3) is 2.39. The molecular formula is C9H8ClN5O2. The summed E-state index contributed by atoms with van der Waals surface area (Å²) in [6.45, 7) is 1.70. The van der Waals surface area contributed by atoms with Gasteiger partial charge in [0.15, 0.2) is 5.82 Å². The zero-order chi connectivity index (χ0) is 12.4. The van der Waals surface area contributed by atoms with Crippen LogP contribution >= 0.6 is 11.6 Å². The Hall–Kier alpha value is -2.02. The number of aromatic nitrogens is 5. The first-order valence-electron chi connectivity index (χ1n) is 4.61. The summed E-state index contributed by atoms with van der Waals surface area (Å²) in [5.74, 6) is 0.285. The molecule has 0 unspecified atom stereocenters. The van der Waals surface area contributed by atoms with Gasteiger partial charge in [-0.15, -0.1) is 5.10 Å². The van der Waals surface area contributed by atoms with Gasteiger partial charge in [0.2, 0.25) is 0 Å². The Kier molecular flexibility index (Phi) is 3.01. The van der Waals surface area contributed by atoms with Crippen LogP contribution in [0.1, 0.15) is 16.4 Å². The van der Waals surface area contributed by atoms with Gasteiger partial charge in [-0.1, -0.05) is 11.6 Å². The zero-order valence-electron chi connectivity index (χ0n) is 9.09. The van der Waals surface area contributed by atoms with Gasteiger partial charge in [-0.25, -0.2) is 24.4 Å². The number of hydrogen-bond donors (Lipinski definition) is 0. The van der Waals surface area contributed by atoms with Crippen LogP contribution in [0.5, 0.6) is 0 Å². The van der Waals surface area contributed by atoms with Crippen molar-refractivity contribution in [1.29, 1.82) is 0 Å². The summed E-state index contributed by atoms with van der Waals surface area (Å²) in [6.07, 6.45) is 1.35. The van der Waals surface area contributed by atoms with E-state index in [0.29, 0.717) is 16.8 Å². The highest BCUT2D eigenvalue weighted by Gasteiger charge is 2.13. The Labute approximate surface area is 101 Å². The molecule has 17 heavy (non-hydrogen) atoms. The normalized spacial score (nSPS) is 10.3. The van der Waals surface area contributed by atoms with E-state index in [4.69, 9.17) is 11.6 Å². The minimum atomic E-state index is -0.611. The molecule has 0 aliphatic heterocycles. The molecule has 2 heterocycles. The van der Waals surface area contributed by atoms with Crippen LogP contribution in [-0.2, 0) is 4.74 Å². The van der Waals surface area contributed by atoms with E-state index < -0.39 is 5.97 Å². The third-order valence-corrected chi connectivity index (χ3v) is 2.08. The lowest BCUT2D eigenvalue weighted by Gasteiger charge is -2.00. The lowest BCUT2D eigenvalue weighted by atomic mass is 10.5. The van der Waals surface area contributed by atoms with E-state index in [9.17, 15) is 4.79 Å². The molecule has 0 N–H and O–H groups in total. The number of rotatable bonds is 2. The minimum absolute atomic E-state index is 0.0418. The second-order valence-electron chi connectivity index (χ2n) is 3.10. The van der Waals surface area contributed by atoms with Crippen LogP contribution in [0.4, 0.5) is 0 Å². The first kappa shape index (κ1) is 11.5. The quantitative estimate of drug-likeness (QED) is 0.582. The first-order chi connectivity index (χ1) is 8.10.